The average Bonchev–Trinajstić information content (AvgIpc) is 3.49. The fraction of sp³-hybridized carbons (Fsp3) is 0.565. The predicted molar refractivity (Wildman–Crippen MR) is 117 cm³/mol. The van der Waals surface area contributed by atoms with Crippen LogP contribution in [0.4, 0.5) is 0 Å². The van der Waals surface area contributed by atoms with Crippen LogP contribution in [0.3, 0.4) is 0 Å². The molecule has 8 heteroatoms. The zero-order chi connectivity index (χ0) is 21.4. The van der Waals surface area contributed by atoms with Crippen molar-refractivity contribution in [1.29, 1.82) is 0 Å². The van der Waals surface area contributed by atoms with Crippen LogP contribution >= 0.6 is 11.6 Å². The van der Waals surface area contributed by atoms with Gasteiger partial charge in [0, 0.05) is 42.7 Å². The fourth-order valence-electron chi connectivity index (χ4n) is 5.39. The first-order chi connectivity index (χ1) is 15.0. The minimum atomic E-state index is -0.104. The van der Waals surface area contributed by atoms with E-state index in [-0.39, 0.29) is 23.3 Å². The number of carbonyl (C=O) groups is 2. The standard InChI is InChI=1S/C23H28ClN5O2/c24-17-7-5-16(6-8-17)22(31)28-13-11-23(15-28)10-9-19-26-27-20(29(19)14-12-23)21(30)25-18-3-1-2-4-18/h5-8,18H,1-4,9-15H2,(H,25,30)/t23-/m1/s1. The highest BCUT2D eigenvalue weighted by atomic mass is 35.5. The molecule has 2 aliphatic heterocycles. The van der Waals surface area contributed by atoms with Crippen molar-refractivity contribution in [3.05, 3.63) is 46.5 Å². The second-order valence-corrected chi connectivity index (χ2v) is 9.72. The van der Waals surface area contributed by atoms with Crippen LogP contribution < -0.4 is 5.32 Å². The minimum absolute atomic E-state index is 0.0637. The largest absolute Gasteiger partial charge is 0.347 e. The van der Waals surface area contributed by atoms with E-state index in [4.69, 9.17) is 11.6 Å². The molecule has 1 N–H and O–H groups in total. The van der Waals surface area contributed by atoms with Gasteiger partial charge >= 0.3 is 0 Å². The maximum atomic E-state index is 12.9. The number of halogens is 1. The zero-order valence-electron chi connectivity index (χ0n) is 17.6. The first-order valence-electron chi connectivity index (χ1n) is 11.3. The Labute approximate surface area is 187 Å². The van der Waals surface area contributed by atoms with Crippen LogP contribution in [0, 0.1) is 5.41 Å². The van der Waals surface area contributed by atoms with E-state index in [1.807, 2.05) is 9.47 Å². The number of aryl methyl sites for hydroxylation is 1. The smallest absolute Gasteiger partial charge is 0.289 e. The Kier molecular flexibility index (Phi) is 5.46. The molecule has 5 rings (SSSR count). The predicted octanol–water partition coefficient (Wildman–Crippen LogP) is 3.47. The van der Waals surface area contributed by atoms with Gasteiger partial charge in [0.25, 0.3) is 11.8 Å². The van der Waals surface area contributed by atoms with Crippen LogP contribution in [0.15, 0.2) is 24.3 Å². The van der Waals surface area contributed by atoms with Crippen molar-refractivity contribution < 1.29 is 9.59 Å². The highest BCUT2D eigenvalue weighted by Gasteiger charge is 2.41. The molecule has 3 heterocycles. The van der Waals surface area contributed by atoms with E-state index in [9.17, 15) is 9.59 Å². The number of hydrogen-bond donors (Lipinski definition) is 1. The number of likely N-dealkylation sites (tertiary alicyclic amines) is 1. The summed E-state index contributed by atoms with van der Waals surface area (Å²) in [6, 6.07) is 7.37. The number of rotatable bonds is 3. The molecular formula is C23H28ClN5O2. The number of aromatic nitrogens is 3. The zero-order valence-corrected chi connectivity index (χ0v) is 18.4. The van der Waals surface area contributed by atoms with Gasteiger partial charge in [-0.3, -0.25) is 9.59 Å². The highest BCUT2D eigenvalue weighted by Crippen LogP contribution is 2.41. The molecular weight excluding hydrogens is 414 g/mol. The molecule has 3 aliphatic rings. The molecule has 2 amide bonds. The molecule has 0 bridgehead atoms. The molecule has 0 radical (unpaired) electrons. The van der Waals surface area contributed by atoms with E-state index < -0.39 is 0 Å². The molecule has 164 valence electrons. The number of amides is 2. The monoisotopic (exact) mass is 441 g/mol. The van der Waals surface area contributed by atoms with E-state index >= 15 is 0 Å². The van der Waals surface area contributed by atoms with Gasteiger partial charge in [0.2, 0.25) is 5.82 Å². The first-order valence-corrected chi connectivity index (χ1v) is 11.7. The van der Waals surface area contributed by atoms with Crippen LogP contribution in [-0.4, -0.2) is 50.6 Å². The van der Waals surface area contributed by atoms with Crippen LogP contribution in [0.5, 0.6) is 0 Å². The molecule has 1 aromatic heterocycles. The molecule has 7 nitrogen and oxygen atoms in total. The normalized spacial score (nSPS) is 23.7. The van der Waals surface area contributed by atoms with Gasteiger partial charge < -0.3 is 14.8 Å². The molecule has 31 heavy (non-hydrogen) atoms. The summed E-state index contributed by atoms with van der Waals surface area (Å²) in [6.45, 7) is 2.23. The molecule has 1 atom stereocenters. The van der Waals surface area contributed by atoms with Crippen molar-refractivity contribution >= 4 is 23.4 Å². The van der Waals surface area contributed by atoms with Crippen molar-refractivity contribution in [2.45, 2.75) is 64.0 Å². The number of carbonyl (C=O) groups excluding carboxylic acids is 2. The molecule has 0 unspecified atom stereocenters. The lowest BCUT2D eigenvalue weighted by atomic mass is 9.80. The summed E-state index contributed by atoms with van der Waals surface area (Å²) in [4.78, 5) is 27.7. The topological polar surface area (TPSA) is 80.1 Å². The summed E-state index contributed by atoms with van der Waals surface area (Å²) in [5.74, 6) is 1.28. The molecule has 2 fully saturated rings. The van der Waals surface area contributed by atoms with E-state index in [1.54, 1.807) is 24.3 Å². The van der Waals surface area contributed by atoms with Gasteiger partial charge in [-0.2, -0.15) is 0 Å². The average molecular weight is 442 g/mol. The summed E-state index contributed by atoms with van der Waals surface area (Å²) in [6.07, 6.45) is 8.10. The molecule has 2 aromatic rings. The maximum Gasteiger partial charge on any atom is 0.289 e. The van der Waals surface area contributed by atoms with E-state index in [0.717, 1.165) is 64.0 Å². The minimum Gasteiger partial charge on any atom is -0.347 e. The van der Waals surface area contributed by atoms with Gasteiger partial charge in [0.15, 0.2) is 0 Å². The Morgan fingerprint density at radius 3 is 2.55 bits per heavy atom. The third kappa shape index (κ3) is 4.07. The number of nitrogens with zero attached hydrogens (tertiary/aromatic N) is 4. The molecule has 1 saturated carbocycles. The third-order valence-electron chi connectivity index (χ3n) is 7.28. The molecule has 1 spiro atoms. The maximum absolute atomic E-state index is 12.9. The van der Waals surface area contributed by atoms with E-state index in [2.05, 4.69) is 15.5 Å². The highest BCUT2D eigenvalue weighted by molar-refractivity contribution is 6.30. The Hall–Kier alpha value is -2.41. The molecule has 1 aliphatic carbocycles. The van der Waals surface area contributed by atoms with Crippen molar-refractivity contribution in [3.63, 3.8) is 0 Å². The second kappa shape index (κ2) is 8.26. The molecule has 1 saturated heterocycles. The van der Waals surface area contributed by atoms with Gasteiger partial charge in [0.1, 0.15) is 5.82 Å². The lowest BCUT2D eigenvalue weighted by Gasteiger charge is -2.27. The summed E-state index contributed by atoms with van der Waals surface area (Å²) in [5.41, 5.74) is 0.750. The van der Waals surface area contributed by atoms with Gasteiger partial charge in [-0.25, -0.2) is 0 Å². The van der Waals surface area contributed by atoms with Gasteiger partial charge in [-0.05, 0) is 61.8 Å². The van der Waals surface area contributed by atoms with Crippen molar-refractivity contribution in [1.82, 2.24) is 25.0 Å². The number of fused-ring (bicyclic) bond motifs is 1. The van der Waals surface area contributed by atoms with Crippen LogP contribution in [-0.2, 0) is 13.0 Å². The summed E-state index contributed by atoms with van der Waals surface area (Å²) in [5, 5.41) is 12.3. The Morgan fingerprint density at radius 1 is 1.03 bits per heavy atom. The number of nitrogens with one attached hydrogen (secondary N) is 1. The molecule has 1 aromatic carbocycles. The Balaban J connectivity index is 1.26. The summed E-state index contributed by atoms with van der Waals surface area (Å²) >= 11 is 5.96. The van der Waals surface area contributed by atoms with Crippen molar-refractivity contribution in [2.24, 2.45) is 5.41 Å². The Bertz CT molecular complexity index is 982. The Morgan fingerprint density at radius 2 is 1.77 bits per heavy atom. The second-order valence-electron chi connectivity index (χ2n) is 9.28. The summed E-state index contributed by atoms with van der Waals surface area (Å²) in [7, 11) is 0. The van der Waals surface area contributed by atoms with Crippen molar-refractivity contribution in [3.8, 4) is 0 Å². The lowest BCUT2D eigenvalue weighted by Crippen LogP contribution is -2.35. The fourth-order valence-corrected chi connectivity index (χ4v) is 5.51. The number of hydrogen-bond acceptors (Lipinski definition) is 4. The van der Waals surface area contributed by atoms with Crippen molar-refractivity contribution in [2.75, 3.05) is 13.1 Å². The van der Waals surface area contributed by atoms with Crippen LogP contribution in [0.25, 0.3) is 0 Å². The van der Waals surface area contributed by atoms with Gasteiger partial charge in [-0.15, -0.1) is 10.2 Å². The van der Waals surface area contributed by atoms with Gasteiger partial charge in [-0.1, -0.05) is 24.4 Å². The third-order valence-corrected chi connectivity index (χ3v) is 7.53. The summed E-state index contributed by atoms with van der Waals surface area (Å²) < 4.78 is 2.00. The van der Waals surface area contributed by atoms with Gasteiger partial charge in [0.05, 0.1) is 0 Å². The number of benzene rings is 1. The van der Waals surface area contributed by atoms with Crippen LogP contribution in [0.1, 0.15) is 71.7 Å². The van der Waals surface area contributed by atoms with E-state index in [1.165, 1.54) is 12.8 Å². The lowest BCUT2D eigenvalue weighted by molar-refractivity contribution is 0.0767. The van der Waals surface area contributed by atoms with Crippen LogP contribution in [0.2, 0.25) is 5.02 Å². The first kappa shape index (κ1) is 20.5. The SMILES string of the molecule is O=C(NC1CCCC1)c1nnc2n1CC[C@@]1(CC2)CCN(C(=O)c2ccc(Cl)cc2)C1. The quantitative estimate of drug-likeness (QED) is 0.790. The van der Waals surface area contributed by atoms with E-state index in [0.29, 0.717) is 16.4 Å².